The molecule has 8 nitrogen and oxygen atoms in total. The number of nitrogens with zero attached hydrogens (tertiary/aromatic N) is 3. The zero-order chi connectivity index (χ0) is 20.6. The van der Waals surface area contributed by atoms with Gasteiger partial charge in [-0.2, -0.15) is 5.10 Å². The number of anilines is 2. The molecule has 2 aromatic heterocycles. The molecule has 1 unspecified atom stereocenters. The third-order valence-corrected chi connectivity index (χ3v) is 6.66. The number of aromatic nitrogens is 3. The molecule has 1 saturated heterocycles. The van der Waals surface area contributed by atoms with Crippen molar-refractivity contribution in [1.82, 2.24) is 14.8 Å². The zero-order valence-electron chi connectivity index (χ0n) is 15.7. The lowest BCUT2D eigenvalue weighted by Gasteiger charge is -2.17. The van der Waals surface area contributed by atoms with Gasteiger partial charge in [0.2, 0.25) is 0 Å². The average Bonchev–Trinajstić information content (AvgIpc) is 3.26. The maximum absolute atomic E-state index is 13.1. The van der Waals surface area contributed by atoms with E-state index in [1.165, 1.54) is 30.5 Å². The van der Waals surface area contributed by atoms with E-state index < -0.39 is 21.6 Å². The van der Waals surface area contributed by atoms with E-state index in [2.05, 4.69) is 20.7 Å². The minimum absolute atomic E-state index is 0.0117. The highest BCUT2D eigenvalue weighted by molar-refractivity contribution is 7.91. The largest absolute Gasteiger partial charge is 0.380 e. The number of hydrogen-bond donors (Lipinski definition) is 2. The van der Waals surface area contributed by atoms with E-state index in [1.54, 1.807) is 10.9 Å². The molecule has 0 saturated carbocycles. The van der Waals surface area contributed by atoms with E-state index in [0.29, 0.717) is 35.4 Å². The Kier molecular flexibility index (Phi) is 4.95. The van der Waals surface area contributed by atoms with Crippen LogP contribution in [0.15, 0.2) is 36.7 Å². The lowest BCUT2D eigenvalue weighted by Crippen LogP contribution is -2.24. The summed E-state index contributed by atoms with van der Waals surface area (Å²) in [6.45, 7) is 2.54. The second-order valence-electron chi connectivity index (χ2n) is 6.95. The Balaban J connectivity index is 1.72. The predicted octanol–water partition coefficient (Wildman–Crippen LogP) is 2.44. The van der Waals surface area contributed by atoms with Crippen molar-refractivity contribution in [2.45, 2.75) is 25.9 Å². The maximum Gasteiger partial charge on any atom is 0.259 e. The molecule has 152 valence electrons. The molecule has 3 aromatic rings. The van der Waals surface area contributed by atoms with Crippen LogP contribution in [0.1, 0.15) is 23.7 Å². The first-order valence-corrected chi connectivity index (χ1v) is 11.1. The van der Waals surface area contributed by atoms with Gasteiger partial charge in [-0.1, -0.05) is 0 Å². The molecule has 1 aromatic carbocycles. The zero-order valence-corrected chi connectivity index (χ0v) is 16.5. The third-order valence-electron chi connectivity index (χ3n) is 4.89. The highest BCUT2D eigenvalue weighted by Gasteiger charge is 2.29. The Morgan fingerprint density at radius 3 is 2.69 bits per heavy atom. The molecule has 0 radical (unpaired) electrons. The number of nitrogens with one attached hydrogen (secondary N) is 2. The van der Waals surface area contributed by atoms with Crippen LogP contribution < -0.4 is 10.6 Å². The van der Waals surface area contributed by atoms with Crippen LogP contribution in [0.5, 0.6) is 0 Å². The van der Waals surface area contributed by atoms with E-state index in [9.17, 15) is 17.6 Å². The first kappa shape index (κ1) is 19.3. The summed E-state index contributed by atoms with van der Waals surface area (Å²) in [5, 5.41) is 10.9. The molecule has 1 amide bonds. The van der Waals surface area contributed by atoms with Gasteiger partial charge in [0.25, 0.3) is 5.91 Å². The van der Waals surface area contributed by atoms with Crippen molar-refractivity contribution in [3.63, 3.8) is 0 Å². The second-order valence-corrected chi connectivity index (χ2v) is 9.18. The van der Waals surface area contributed by atoms with E-state index in [4.69, 9.17) is 0 Å². The molecule has 10 heteroatoms. The first-order chi connectivity index (χ1) is 13.9. The van der Waals surface area contributed by atoms with E-state index in [1.807, 2.05) is 6.92 Å². The average molecular weight is 417 g/mol. The summed E-state index contributed by atoms with van der Waals surface area (Å²) in [7, 11) is -3.09. The van der Waals surface area contributed by atoms with Crippen molar-refractivity contribution in [1.29, 1.82) is 0 Å². The summed E-state index contributed by atoms with van der Waals surface area (Å²) >= 11 is 0. The lowest BCUT2D eigenvalue weighted by molar-refractivity contribution is 0.102. The number of rotatable bonds is 5. The van der Waals surface area contributed by atoms with E-state index in [-0.39, 0.29) is 23.1 Å². The second kappa shape index (κ2) is 7.43. The van der Waals surface area contributed by atoms with Gasteiger partial charge in [0.05, 0.1) is 34.3 Å². The van der Waals surface area contributed by atoms with Gasteiger partial charge in [-0.15, -0.1) is 0 Å². The summed E-state index contributed by atoms with van der Waals surface area (Å²) in [4.78, 5) is 17.3. The predicted molar refractivity (Wildman–Crippen MR) is 108 cm³/mol. The van der Waals surface area contributed by atoms with Gasteiger partial charge in [0.15, 0.2) is 15.5 Å². The molecular formula is C19H20FN5O3S. The molecule has 1 aliphatic heterocycles. The molecule has 0 aliphatic carbocycles. The van der Waals surface area contributed by atoms with Crippen LogP contribution in [0.2, 0.25) is 0 Å². The van der Waals surface area contributed by atoms with Gasteiger partial charge in [-0.3, -0.25) is 4.79 Å². The quantitative estimate of drug-likeness (QED) is 0.661. The van der Waals surface area contributed by atoms with Gasteiger partial charge < -0.3 is 10.6 Å². The summed E-state index contributed by atoms with van der Waals surface area (Å²) < 4.78 is 38.5. The normalized spacial score (nSPS) is 18.1. The molecular weight excluding hydrogens is 397 g/mol. The van der Waals surface area contributed by atoms with Gasteiger partial charge >= 0.3 is 0 Å². The number of fused-ring (bicyclic) bond motifs is 1. The lowest BCUT2D eigenvalue weighted by atomic mass is 10.1. The highest BCUT2D eigenvalue weighted by atomic mass is 32.2. The van der Waals surface area contributed by atoms with Crippen LogP contribution in [0.25, 0.3) is 11.0 Å². The smallest absolute Gasteiger partial charge is 0.259 e. The molecule has 0 bridgehead atoms. The fourth-order valence-electron chi connectivity index (χ4n) is 3.43. The fourth-order valence-corrected chi connectivity index (χ4v) is 5.10. The van der Waals surface area contributed by atoms with Gasteiger partial charge in [-0.25, -0.2) is 22.5 Å². The molecule has 1 fully saturated rings. The number of carbonyl (C=O) groups excluding carboxylic acids is 1. The number of carbonyl (C=O) groups is 1. The first-order valence-electron chi connectivity index (χ1n) is 9.24. The van der Waals surface area contributed by atoms with Crippen molar-refractivity contribution in [2.75, 3.05) is 22.1 Å². The van der Waals surface area contributed by atoms with Gasteiger partial charge in [-0.05, 0) is 37.6 Å². The number of halogens is 1. The number of amides is 1. The summed E-state index contributed by atoms with van der Waals surface area (Å²) in [5.41, 5.74) is 1.81. The standard InChI is InChI=1S/C19H20FN5O3S/c1-2-25-18-15(10-22-25)17(23-14-7-8-29(27,28)11-14)16(9-21-18)19(26)24-13-5-3-12(20)4-6-13/h3-6,9-10,14H,2,7-8,11H2,1H3,(H,21,23)(H,24,26). The number of pyridine rings is 1. The number of sulfone groups is 1. The Morgan fingerprint density at radius 2 is 2.03 bits per heavy atom. The van der Waals surface area contributed by atoms with Gasteiger partial charge in [0, 0.05) is 24.5 Å². The van der Waals surface area contributed by atoms with E-state index >= 15 is 0 Å². The summed E-state index contributed by atoms with van der Waals surface area (Å²) in [6, 6.07) is 5.14. The SMILES string of the molecule is CCn1ncc2c(NC3CCS(=O)(=O)C3)c(C(=O)Nc3ccc(F)cc3)cnc21. The van der Waals surface area contributed by atoms with Crippen LogP contribution in [-0.2, 0) is 16.4 Å². The fraction of sp³-hybridized carbons (Fsp3) is 0.316. The molecule has 1 atom stereocenters. The van der Waals surface area contributed by atoms with Crippen molar-refractivity contribution < 1.29 is 17.6 Å². The third kappa shape index (κ3) is 3.93. The van der Waals surface area contributed by atoms with Crippen molar-refractivity contribution >= 4 is 38.2 Å². The maximum atomic E-state index is 13.1. The molecule has 0 spiro atoms. The van der Waals surface area contributed by atoms with Crippen LogP contribution in [0.4, 0.5) is 15.8 Å². The summed E-state index contributed by atoms with van der Waals surface area (Å²) in [5.74, 6) is -0.705. The monoisotopic (exact) mass is 417 g/mol. The van der Waals surface area contributed by atoms with Crippen molar-refractivity contribution in [3.8, 4) is 0 Å². The Labute approximate surface area is 167 Å². The topological polar surface area (TPSA) is 106 Å². The molecule has 3 heterocycles. The van der Waals surface area contributed by atoms with Crippen LogP contribution in [0, 0.1) is 5.82 Å². The Hall–Kier alpha value is -3.01. The Morgan fingerprint density at radius 1 is 1.28 bits per heavy atom. The van der Waals surface area contributed by atoms with Crippen molar-refractivity contribution in [2.24, 2.45) is 0 Å². The molecule has 29 heavy (non-hydrogen) atoms. The van der Waals surface area contributed by atoms with Gasteiger partial charge in [0.1, 0.15) is 5.82 Å². The highest BCUT2D eigenvalue weighted by Crippen LogP contribution is 2.29. The Bertz CT molecular complexity index is 1170. The molecule has 4 rings (SSSR count). The number of benzene rings is 1. The molecule has 2 N–H and O–H groups in total. The van der Waals surface area contributed by atoms with Crippen LogP contribution in [0.3, 0.4) is 0 Å². The summed E-state index contributed by atoms with van der Waals surface area (Å²) in [6.07, 6.45) is 3.53. The minimum atomic E-state index is -3.09. The minimum Gasteiger partial charge on any atom is -0.380 e. The van der Waals surface area contributed by atoms with Crippen molar-refractivity contribution in [3.05, 3.63) is 48.0 Å². The van der Waals surface area contributed by atoms with E-state index in [0.717, 1.165) is 0 Å². The van der Waals surface area contributed by atoms with Crippen LogP contribution >= 0.6 is 0 Å². The van der Waals surface area contributed by atoms with Crippen LogP contribution in [-0.4, -0.2) is 46.6 Å². The number of hydrogen-bond acceptors (Lipinski definition) is 6. The number of aryl methyl sites for hydroxylation is 1. The molecule has 1 aliphatic rings.